The molecule has 0 saturated carbocycles. The van der Waals surface area contributed by atoms with Gasteiger partial charge in [0, 0.05) is 12.8 Å². The normalized spacial score (nSPS) is 22.4. The number of ether oxygens (including phenoxy) is 3. The van der Waals surface area contributed by atoms with E-state index in [1.807, 2.05) is 0 Å². The van der Waals surface area contributed by atoms with Crippen LogP contribution in [0.3, 0.4) is 0 Å². The number of carbonyl (C=O) groups excluding carboxylic acids is 2. The van der Waals surface area contributed by atoms with Crippen molar-refractivity contribution < 1.29 is 64.0 Å². The highest BCUT2D eigenvalue weighted by Gasteiger charge is 2.44. The number of carbonyl (C=O) groups is 4. The van der Waals surface area contributed by atoms with Crippen molar-refractivity contribution in [3.8, 4) is 0 Å². The minimum absolute atomic E-state index is 0.0496. The average molecular weight is 676 g/mol. The summed E-state index contributed by atoms with van der Waals surface area (Å²) in [6, 6.07) is -2.74. The first-order valence-corrected chi connectivity index (χ1v) is 15.9. The molecule has 18 heteroatoms. The summed E-state index contributed by atoms with van der Waals surface area (Å²) in [5.41, 5.74) is 0.344. The van der Waals surface area contributed by atoms with Crippen LogP contribution >= 0.6 is 0 Å². The minimum Gasteiger partial charge on any atom is -0.481 e. The van der Waals surface area contributed by atoms with Gasteiger partial charge in [0.2, 0.25) is 11.8 Å². The molecule has 0 aliphatic carbocycles. The van der Waals surface area contributed by atoms with Gasteiger partial charge in [0.25, 0.3) is 0 Å². The molecule has 2 rings (SSSR count). The maximum absolute atomic E-state index is 13.0. The molecule has 0 spiro atoms. The van der Waals surface area contributed by atoms with Crippen molar-refractivity contribution in [2.24, 2.45) is 0 Å². The van der Waals surface area contributed by atoms with E-state index in [0.717, 1.165) is 38.5 Å². The Kier molecular flexibility index (Phi) is 18.3. The van der Waals surface area contributed by atoms with Crippen molar-refractivity contribution >= 4 is 23.8 Å². The minimum atomic E-state index is -1.57. The summed E-state index contributed by atoms with van der Waals surface area (Å²) in [4.78, 5) is 48.1. The SMILES string of the molecule is CCCCCCCCCC(=O)N[C@@H](COCc1cn(CCO[C@@H]2OC(CO)[C@@H](O)[C@H](O)C2O)nn1)C(=O)N[C@H](CCC(=O)O)C(=O)O. The van der Waals surface area contributed by atoms with Crippen LogP contribution in [0.5, 0.6) is 0 Å². The third-order valence-corrected chi connectivity index (χ3v) is 7.49. The molecular weight excluding hydrogens is 626 g/mol. The number of nitrogens with zero attached hydrogens (tertiary/aromatic N) is 3. The van der Waals surface area contributed by atoms with Gasteiger partial charge >= 0.3 is 11.9 Å². The highest BCUT2D eigenvalue weighted by Crippen LogP contribution is 2.22. The first-order chi connectivity index (χ1) is 22.5. The second-order valence-corrected chi connectivity index (χ2v) is 11.4. The zero-order chi connectivity index (χ0) is 34.8. The Hall–Kier alpha value is -3.26. The lowest BCUT2D eigenvalue weighted by atomic mass is 9.99. The Morgan fingerprint density at radius 2 is 1.66 bits per heavy atom. The topological polar surface area (TPSA) is 272 Å². The van der Waals surface area contributed by atoms with E-state index in [9.17, 15) is 44.7 Å². The molecule has 2 amide bonds. The molecule has 268 valence electrons. The second kappa shape index (κ2) is 21.6. The van der Waals surface area contributed by atoms with E-state index in [-0.39, 0.29) is 39.2 Å². The van der Waals surface area contributed by atoms with Crippen LogP contribution in [0.4, 0.5) is 0 Å². The molecule has 8 N–H and O–H groups in total. The zero-order valence-electron chi connectivity index (χ0n) is 26.6. The molecule has 1 aromatic rings. The fourth-order valence-electron chi connectivity index (χ4n) is 4.75. The molecule has 7 atom stereocenters. The van der Waals surface area contributed by atoms with Crippen molar-refractivity contribution in [1.82, 2.24) is 25.6 Å². The lowest BCUT2D eigenvalue weighted by Gasteiger charge is -2.39. The number of aromatic nitrogens is 3. The number of hydrogen-bond donors (Lipinski definition) is 8. The highest BCUT2D eigenvalue weighted by molar-refractivity contribution is 5.90. The molecule has 47 heavy (non-hydrogen) atoms. The monoisotopic (exact) mass is 675 g/mol. The molecule has 2 unspecified atom stereocenters. The van der Waals surface area contributed by atoms with Crippen LogP contribution in [0.15, 0.2) is 6.20 Å². The number of nitrogens with one attached hydrogen (secondary N) is 2. The summed E-state index contributed by atoms with van der Waals surface area (Å²) >= 11 is 0. The smallest absolute Gasteiger partial charge is 0.326 e. The van der Waals surface area contributed by atoms with E-state index in [2.05, 4.69) is 27.9 Å². The fraction of sp³-hybridized carbons (Fsp3) is 0.793. The number of aliphatic hydroxyl groups excluding tert-OH is 4. The van der Waals surface area contributed by atoms with E-state index in [4.69, 9.17) is 19.3 Å². The number of hydrogen-bond acceptors (Lipinski definition) is 13. The molecule has 0 radical (unpaired) electrons. The summed E-state index contributed by atoms with van der Waals surface area (Å²) in [6.07, 6.45) is 0.792. The Morgan fingerprint density at radius 3 is 2.32 bits per heavy atom. The summed E-state index contributed by atoms with van der Waals surface area (Å²) in [7, 11) is 0. The van der Waals surface area contributed by atoms with E-state index in [0.29, 0.717) is 12.1 Å². The predicted molar refractivity (Wildman–Crippen MR) is 160 cm³/mol. The summed E-state index contributed by atoms with van der Waals surface area (Å²) in [5, 5.41) is 70.2. The van der Waals surface area contributed by atoms with Crippen LogP contribution < -0.4 is 10.6 Å². The van der Waals surface area contributed by atoms with E-state index in [1.165, 1.54) is 10.9 Å². The molecule has 1 aliphatic rings. The molecule has 1 saturated heterocycles. The van der Waals surface area contributed by atoms with Crippen LogP contribution in [-0.2, 0) is 46.5 Å². The van der Waals surface area contributed by atoms with Gasteiger partial charge in [-0.05, 0) is 12.8 Å². The molecule has 18 nitrogen and oxygen atoms in total. The zero-order valence-corrected chi connectivity index (χ0v) is 26.6. The molecule has 0 bridgehead atoms. The van der Waals surface area contributed by atoms with Gasteiger partial charge in [-0.2, -0.15) is 0 Å². The Bertz CT molecular complexity index is 1100. The van der Waals surface area contributed by atoms with Gasteiger partial charge < -0.3 is 55.5 Å². The van der Waals surface area contributed by atoms with Crippen molar-refractivity contribution in [1.29, 1.82) is 0 Å². The summed E-state index contributed by atoms with van der Waals surface area (Å²) in [5.74, 6) is -3.89. The van der Waals surface area contributed by atoms with Crippen molar-refractivity contribution in [3.63, 3.8) is 0 Å². The summed E-state index contributed by atoms with van der Waals surface area (Å²) in [6.45, 7) is 1.15. The third kappa shape index (κ3) is 14.6. The number of aliphatic carboxylic acids is 2. The van der Waals surface area contributed by atoms with Gasteiger partial charge in [0.1, 0.15) is 42.2 Å². The summed E-state index contributed by atoms with van der Waals surface area (Å²) < 4.78 is 17.7. The average Bonchev–Trinajstić information content (AvgIpc) is 3.49. The van der Waals surface area contributed by atoms with Gasteiger partial charge in [0.15, 0.2) is 6.29 Å². The first-order valence-electron chi connectivity index (χ1n) is 15.9. The molecule has 1 fully saturated rings. The van der Waals surface area contributed by atoms with Crippen LogP contribution in [0.2, 0.25) is 0 Å². The number of aliphatic hydroxyl groups is 4. The lowest BCUT2D eigenvalue weighted by molar-refractivity contribution is -0.301. The Balaban J connectivity index is 1.89. The first kappa shape index (κ1) is 39.9. The number of rotatable bonds is 24. The van der Waals surface area contributed by atoms with Crippen LogP contribution in [-0.4, -0.2) is 132 Å². The maximum Gasteiger partial charge on any atom is 0.326 e. The number of carboxylic acids is 2. The van der Waals surface area contributed by atoms with Gasteiger partial charge in [-0.25, -0.2) is 9.48 Å². The molecular formula is C29H49N5O13. The van der Waals surface area contributed by atoms with Crippen LogP contribution in [0, 0.1) is 0 Å². The largest absolute Gasteiger partial charge is 0.481 e. The van der Waals surface area contributed by atoms with Gasteiger partial charge in [0.05, 0.1) is 39.2 Å². The second-order valence-electron chi connectivity index (χ2n) is 11.4. The Morgan fingerprint density at radius 1 is 0.957 bits per heavy atom. The number of carboxylic acid groups (broad SMARTS) is 2. The van der Waals surface area contributed by atoms with Gasteiger partial charge in [-0.15, -0.1) is 5.10 Å². The Labute approximate surface area is 272 Å². The fourth-order valence-corrected chi connectivity index (χ4v) is 4.75. The molecule has 1 aliphatic heterocycles. The predicted octanol–water partition coefficient (Wildman–Crippen LogP) is -1.33. The third-order valence-electron chi connectivity index (χ3n) is 7.49. The lowest BCUT2D eigenvalue weighted by Crippen LogP contribution is -2.59. The standard InChI is InChI=1S/C29H49N5O13/c1-2-3-4-5-6-7-8-9-22(36)30-20(27(42)31-19(28(43)44)10-11-23(37)38)17-45-16-18-14-34(33-32-18)12-13-46-29-26(41)25(40)24(39)21(15-35)47-29/h14,19-21,24-26,29,35,39-41H,2-13,15-17H2,1H3,(H,30,36)(H,31,42)(H,37,38)(H,43,44)/t19-,20+,21?,24-,25+,26?,29-/m1/s1. The maximum atomic E-state index is 13.0. The highest BCUT2D eigenvalue weighted by atomic mass is 16.7. The molecule has 1 aromatic heterocycles. The van der Waals surface area contributed by atoms with Crippen LogP contribution in [0.25, 0.3) is 0 Å². The van der Waals surface area contributed by atoms with E-state index >= 15 is 0 Å². The number of unbranched alkanes of at least 4 members (excludes halogenated alkanes) is 6. The van der Waals surface area contributed by atoms with Crippen molar-refractivity contribution in [3.05, 3.63) is 11.9 Å². The molecule has 0 aromatic carbocycles. The van der Waals surface area contributed by atoms with Gasteiger partial charge in [-0.1, -0.05) is 50.7 Å². The van der Waals surface area contributed by atoms with Gasteiger partial charge in [-0.3, -0.25) is 14.4 Å². The quantitative estimate of drug-likeness (QED) is 0.0590. The van der Waals surface area contributed by atoms with Crippen LogP contribution in [0.1, 0.15) is 76.8 Å². The van der Waals surface area contributed by atoms with Crippen molar-refractivity contribution in [2.45, 2.75) is 127 Å². The van der Waals surface area contributed by atoms with Crippen molar-refractivity contribution in [2.75, 3.05) is 19.8 Å². The molecule has 2 heterocycles. The van der Waals surface area contributed by atoms with E-state index in [1.54, 1.807) is 0 Å². The van der Waals surface area contributed by atoms with E-state index < -0.39 is 79.6 Å². The number of amides is 2.